The number of hydrogen-bond donors (Lipinski definition) is 1. The van der Waals surface area contributed by atoms with E-state index in [1.165, 1.54) is 11.6 Å². The molecule has 0 heterocycles. The van der Waals surface area contributed by atoms with Crippen LogP contribution >= 0.6 is 0 Å². The fourth-order valence-electron chi connectivity index (χ4n) is 1.78. The van der Waals surface area contributed by atoms with Gasteiger partial charge in [-0.2, -0.15) is 0 Å². The van der Waals surface area contributed by atoms with Crippen LogP contribution in [0.2, 0.25) is 0 Å². The summed E-state index contributed by atoms with van der Waals surface area (Å²) in [6, 6.07) is 7.93. The van der Waals surface area contributed by atoms with Crippen molar-refractivity contribution in [3.05, 3.63) is 35.4 Å². The van der Waals surface area contributed by atoms with Gasteiger partial charge < -0.3 is 5.11 Å². The molecule has 0 radical (unpaired) electrons. The van der Waals surface area contributed by atoms with Crippen LogP contribution in [0.4, 0.5) is 0 Å². The van der Waals surface area contributed by atoms with Crippen molar-refractivity contribution in [2.24, 2.45) is 4.99 Å². The van der Waals surface area contributed by atoms with Gasteiger partial charge in [0.05, 0.1) is 13.2 Å². The highest BCUT2D eigenvalue weighted by molar-refractivity contribution is 5.36. The van der Waals surface area contributed by atoms with Crippen LogP contribution < -0.4 is 0 Å². The molecule has 0 spiro atoms. The predicted octanol–water partition coefficient (Wildman–Crippen LogP) is 1.55. The maximum absolute atomic E-state index is 9.94. The van der Waals surface area contributed by atoms with Crippen LogP contribution in [0.15, 0.2) is 29.3 Å². The van der Waals surface area contributed by atoms with Crippen molar-refractivity contribution >= 4 is 6.08 Å². The molecule has 1 aliphatic rings. The highest BCUT2D eigenvalue weighted by atomic mass is 16.3. The van der Waals surface area contributed by atoms with Gasteiger partial charge in [0.1, 0.15) is 0 Å². The largest absolute Gasteiger partial charge is 0.395 e. The lowest BCUT2D eigenvalue weighted by atomic mass is 9.96. The zero-order chi connectivity index (χ0) is 10.7. The van der Waals surface area contributed by atoms with Gasteiger partial charge in [-0.05, 0) is 24.0 Å². The molecule has 78 valence electrons. The number of nitrogens with zero attached hydrogens (tertiary/aromatic N) is 1. The Morgan fingerprint density at radius 2 is 2.00 bits per heavy atom. The Bertz CT molecular complexity index is 387. The Hall–Kier alpha value is -1.44. The molecule has 15 heavy (non-hydrogen) atoms. The number of isocyanates is 1. The van der Waals surface area contributed by atoms with E-state index in [0.29, 0.717) is 6.54 Å². The molecule has 2 rings (SSSR count). The van der Waals surface area contributed by atoms with E-state index in [0.717, 1.165) is 18.4 Å². The van der Waals surface area contributed by atoms with Gasteiger partial charge in [0.25, 0.3) is 0 Å². The summed E-state index contributed by atoms with van der Waals surface area (Å²) in [6.45, 7) is 0.606. The Morgan fingerprint density at radius 3 is 2.47 bits per heavy atom. The molecule has 0 aliphatic heterocycles. The lowest BCUT2D eigenvalue weighted by Crippen LogP contribution is -2.11. The number of rotatable bonds is 4. The first kappa shape index (κ1) is 10.1. The Kier molecular flexibility index (Phi) is 2.67. The van der Waals surface area contributed by atoms with Crippen LogP contribution in [0, 0.1) is 0 Å². The minimum atomic E-state index is 0.0203. The smallest absolute Gasteiger partial charge is 0.235 e. The molecular formula is C12H13NO2. The van der Waals surface area contributed by atoms with Gasteiger partial charge in [-0.15, -0.1) is 0 Å². The van der Waals surface area contributed by atoms with Crippen LogP contribution in [0.25, 0.3) is 0 Å². The maximum atomic E-state index is 9.94. The second-order valence-electron chi connectivity index (χ2n) is 4.04. The van der Waals surface area contributed by atoms with Crippen molar-refractivity contribution in [3.8, 4) is 0 Å². The van der Waals surface area contributed by atoms with Crippen LogP contribution in [0.3, 0.4) is 0 Å². The molecule has 0 amide bonds. The summed E-state index contributed by atoms with van der Waals surface area (Å²) in [6.07, 6.45) is 3.65. The minimum Gasteiger partial charge on any atom is -0.395 e. The third-order valence-electron chi connectivity index (χ3n) is 3.05. The van der Waals surface area contributed by atoms with E-state index in [2.05, 4.69) is 4.99 Å². The molecular weight excluding hydrogens is 190 g/mol. The zero-order valence-electron chi connectivity index (χ0n) is 8.44. The van der Waals surface area contributed by atoms with Gasteiger partial charge in [0.2, 0.25) is 6.08 Å². The molecule has 1 fully saturated rings. The molecule has 1 aliphatic carbocycles. The summed E-state index contributed by atoms with van der Waals surface area (Å²) in [7, 11) is 0. The molecule has 3 heteroatoms. The molecule has 0 unspecified atom stereocenters. The van der Waals surface area contributed by atoms with Gasteiger partial charge in [0, 0.05) is 5.41 Å². The fraction of sp³-hybridized carbons (Fsp3) is 0.417. The topological polar surface area (TPSA) is 49.7 Å². The predicted molar refractivity (Wildman–Crippen MR) is 56.3 cm³/mol. The number of hydrogen-bond acceptors (Lipinski definition) is 3. The lowest BCUT2D eigenvalue weighted by molar-refractivity contribution is 0.255. The molecule has 0 aromatic heterocycles. The molecule has 1 aromatic rings. The van der Waals surface area contributed by atoms with Crippen LogP contribution in [0.5, 0.6) is 0 Å². The molecule has 0 atom stereocenters. The number of benzene rings is 1. The van der Waals surface area contributed by atoms with Crippen LogP contribution in [-0.4, -0.2) is 17.8 Å². The first-order valence-corrected chi connectivity index (χ1v) is 5.05. The Morgan fingerprint density at radius 1 is 1.33 bits per heavy atom. The number of carbonyl (C=O) groups excluding carboxylic acids is 1. The summed E-state index contributed by atoms with van der Waals surface area (Å²) in [5, 5.41) is 9.25. The molecule has 1 saturated carbocycles. The lowest BCUT2D eigenvalue weighted by Gasteiger charge is -2.11. The molecule has 0 saturated heterocycles. The molecule has 1 N–H and O–H groups in total. The van der Waals surface area contributed by atoms with E-state index < -0.39 is 0 Å². The van der Waals surface area contributed by atoms with Crippen molar-refractivity contribution in [2.45, 2.75) is 24.8 Å². The van der Waals surface area contributed by atoms with E-state index >= 15 is 0 Å². The van der Waals surface area contributed by atoms with Gasteiger partial charge in [-0.1, -0.05) is 24.3 Å². The zero-order valence-corrected chi connectivity index (χ0v) is 8.44. The van der Waals surface area contributed by atoms with E-state index in [-0.39, 0.29) is 12.0 Å². The number of aliphatic hydroxyl groups excluding tert-OH is 1. The third kappa shape index (κ3) is 1.99. The quantitative estimate of drug-likeness (QED) is 0.596. The second kappa shape index (κ2) is 3.97. The van der Waals surface area contributed by atoms with Gasteiger partial charge in [-0.3, -0.25) is 0 Å². The van der Waals surface area contributed by atoms with E-state index in [9.17, 15) is 9.90 Å². The van der Waals surface area contributed by atoms with Crippen molar-refractivity contribution in [2.75, 3.05) is 6.61 Å². The molecule has 0 bridgehead atoms. The monoisotopic (exact) mass is 203 g/mol. The molecule has 1 aromatic carbocycles. The van der Waals surface area contributed by atoms with Crippen molar-refractivity contribution in [1.29, 1.82) is 0 Å². The summed E-state index contributed by atoms with van der Waals surface area (Å²) < 4.78 is 0. The fourth-order valence-corrected chi connectivity index (χ4v) is 1.78. The van der Waals surface area contributed by atoms with E-state index in [1.807, 2.05) is 24.3 Å². The summed E-state index contributed by atoms with van der Waals surface area (Å²) in [5.41, 5.74) is 2.20. The molecule has 3 nitrogen and oxygen atoms in total. The highest BCUT2D eigenvalue weighted by Gasteiger charge is 2.43. The SMILES string of the molecule is O=C=NCc1ccc(C2(CO)CC2)cc1. The van der Waals surface area contributed by atoms with Crippen molar-refractivity contribution in [3.63, 3.8) is 0 Å². The Labute approximate surface area is 88.5 Å². The maximum Gasteiger partial charge on any atom is 0.235 e. The summed E-state index contributed by atoms with van der Waals surface area (Å²) in [5.74, 6) is 0. The first-order chi connectivity index (χ1) is 7.30. The van der Waals surface area contributed by atoms with E-state index in [4.69, 9.17) is 0 Å². The average molecular weight is 203 g/mol. The number of aliphatic imine (C=N–C) groups is 1. The first-order valence-electron chi connectivity index (χ1n) is 5.05. The second-order valence-corrected chi connectivity index (χ2v) is 4.04. The minimum absolute atomic E-state index is 0.0203. The van der Waals surface area contributed by atoms with Gasteiger partial charge in [-0.25, -0.2) is 9.79 Å². The van der Waals surface area contributed by atoms with E-state index in [1.54, 1.807) is 0 Å². The average Bonchev–Trinajstić information content (AvgIpc) is 3.08. The summed E-state index contributed by atoms with van der Waals surface area (Å²) in [4.78, 5) is 13.5. The Balaban J connectivity index is 2.13. The van der Waals surface area contributed by atoms with Crippen LogP contribution in [-0.2, 0) is 16.8 Å². The number of aliphatic hydroxyl groups is 1. The standard InChI is InChI=1S/C12H13NO2/c14-8-12(5-6-12)11-3-1-10(2-4-11)7-13-9-15/h1-4,14H,5-8H2. The van der Waals surface area contributed by atoms with Crippen molar-refractivity contribution in [1.82, 2.24) is 0 Å². The summed E-state index contributed by atoms with van der Waals surface area (Å²) >= 11 is 0. The van der Waals surface area contributed by atoms with Crippen LogP contribution in [0.1, 0.15) is 24.0 Å². The van der Waals surface area contributed by atoms with Gasteiger partial charge >= 0.3 is 0 Å². The highest BCUT2D eigenvalue weighted by Crippen LogP contribution is 2.47. The van der Waals surface area contributed by atoms with Gasteiger partial charge in [0.15, 0.2) is 0 Å². The normalized spacial score (nSPS) is 16.9. The van der Waals surface area contributed by atoms with Crippen molar-refractivity contribution < 1.29 is 9.90 Å². The third-order valence-corrected chi connectivity index (χ3v) is 3.05.